The molecule has 1 aromatic carbocycles. The van der Waals surface area contributed by atoms with Crippen LogP contribution in [0.15, 0.2) is 12.1 Å². The Hall–Kier alpha value is -0.951. The van der Waals surface area contributed by atoms with E-state index in [9.17, 15) is 4.79 Å². The third kappa shape index (κ3) is 7.52. The molecule has 0 aromatic heterocycles. The minimum absolute atomic E-state index is 0.0263. The van der Waals surface area contributed by atoms with Crippen molar-refractivity contribution in [3.63, 3.8) is 0 Å². The van der Waals surface area contributed by atoms with Crippen molar-refractivity contribution in [3.8, 4) is 11.5 Å². The van der Waals surface area contributed by atoms with Gasteiger partial charge in [0, 0.05) is 0 Å². The molecule has 1 fully saturated rings. The molecule has 1 N–H and O–H groups in total. The van der Waals surface area contributed by atoms with Crippen LogP contribution < -0.4 is 18.4 Å². The first-order valence-electron chi connectivity index (χ1n) is 13.8. The van der Waals surface area contributed by atoms with Gasteiger partial charge in [-0.25, -0.2) is 0 Å². The summed E-state index contributed by atoms with van der Waals surface area (Å²) in [5.41, 5.74) is 0.656. The molecule has 0 unspecified atom stereocenters. The van der Waals surface area contributed by atoms with Crippen LogP contribution >= 0.6 is 0 Å². The van der Waals surface area contributed by atoms with Crippen LogP contribution in [0.1, 0.15) is 89.4 Å². The summed E-state index contributed by atoms with van der Waals surface area (Å²) in [7, 11) is 3.34. The Morgan fingerprint density at radius 2 is 1.62 bits per heavy atom. The van der Waals surface area contributed by atoms with E-state index in [-0.39, 0.29) is 5.91 Å². The van der Waals surface area contributed by atoms with Crippen LogP contribution in [0.4, 0.5) is 0 Å². The third-order valence-electron chi connectivity index (χ3n) is 7.77. The Labute approximate surface area is 213 Å². The molecule has 34 heavy (non-hydrogen) atoms. The second-order valence-corrected chi connectivity index (χ2v) is 23.2. The molecule has 6 heteroatoms. The summed E-state index contributed by atoms with van der Waals surface area (Å²) in [6, 6.07) is 4.88. The fraction of sp³-hybridized carbons (Fsp3) is 0.750. The zero-order valence-electron chi connectivity index (χ0n) is 22.8. The second kappa shape index (κ2) is 15.2. The Kier molecular flexibility index (Phi) is 13.1. The zero-order chi connectivity index (χ0) is 25.0. The molecule has 1 atom stereocenters. The van der Waals surface area contributed by atoms with E-state index in [2.05, 4.69) is 50.0 Å². The van der Waals surface area contributed by atoms with Crippen molar-refractivity contribution in [1.29, 1.82) is 0 Å². The topological polar surface area (TPSA) is 50.8 Å². The molecule has 0 spiro atoms. The van der Waals surface area contributed by atoms with Gasteiger partial charge in [-0.05, 0) is 0 Å². The fourth-order valence-corrected chi connectivity index (χ4v) is 21.6. The number of likely N-dealkylation sites (N-methyl/N-ethyl adjacent to an activating group) is 1. The number of likely N-dealkylation sites (tertiary alicyclic amines) is 1. The van der Waals surface area contributed by atoms with Crippen molar-refractivity contribution >= 4 is 27.9 Å². The molecule has 1 saturated heterocycles. The molecule has 1 amide bonds. The Balaban J connectivity index is 2.45. The van der Waals surface area contributed by atoms with E-state index < -0.39 is 18.4 Å². The van der Waals surface area contributed by atoms with Crippen LogP contribution in [-0.2, 0) is 0 Å². The molecule has 0 radical (unpaired) electrons. The van der Waals surface area contributed by atoms with Gasteiger partial charge in [0.25, 0.3) is 0 Å². The van der Waals surface area contributed by atoms with Gasteiger partial charge in [-0.2, -0.15) is 0 Å². The Bertz CT molecular complexity index is 734. The molecule has 1 aromatic rings. The Morgan fingerprint density at radius 1 is 1.00 bits per heavy atom. The van der Waals surface area contributed by atoms with Crippen LogP contribution in [0, 0.1) is 0 Å². The molecular weight excluding hydrogens is 531 g/mol. The van der Waals surface area contributed by atoms with Gasteiger partial charge in [0.2, 0.25) is 0 Å². The number of amides is 1. The first-order chi connectivity index (χ1) is 16.5. The Morgan fingerprint density at radius 3 is 2.12 bits per heavy atom. The first-order valence-corrected chi connectivity index (χ1v) is 21.3. The predicted octanol–water partition coefficient (Wildman–Crippen LogP) is 5.97. The van der Waals surface area contributed by atoms with Crippen molar-refractivity contribution in [2.24, 2.45) is 0 Å². The maximum atomic E-state index is 13.5. The molecule has 0 aliphatic carbocycles. The standard InChI is InChI=1S/C16H23N2O3.3C4H9.Sn/c1-4-18-10-6-7-12(18)11-17-16(19)13-8-5-9-14(20-2)15(13)21-3;3*1-3-4-2;/h8-9,12H,4,6-7,10-11H2,1-3H3,(H,17,19);3*1,3-4H2,2H3;/t12-;;;;/m0..../s1. The molecule has 1 aliphatic rings. The normalized spacial score (nSPS) is 16.6. The van der Waals surface area contributed by atoms with Crippen LogP contribution in [-0.4, -0.2) is 69.1 Å². The molecule has 0 bridgehead atoms. The van der Waals surface area contributed by atoms with E-state index in [1.54, 1.807) is 14.2 Å². The number of methoxy groups -OCH3 is 2. The fourth-order valence-electron chi connectivity index (χ4n) is 5.64. The van der Waals surface area contributed by atoms with Crippen molar-refractivity contribution in [3.05, 3.63) is 17.7 Å². The van der Waals surface area contributed by atoms with Gasteiger partial charge in [-0.1, -0.05) is 0 Å². The molecule has 0 saturated carbocycles. The van der Waals surface area contributed by atoms with Crippen molar-refractivity contribution in [2.75, 3.05) is 33.9 Å². The van der Waals surface area contributed by atoms with E-state index in [4.69, 9.17) is 9.47 Å². The summed E-state index contributed by atoms with van der Waals surface area (Å²) in [4.78, 5) is 16.0. The van der Waals surface area contributed by atoms with Gasteiger partial charge in [0.1, 0.15) is 0 Å². The number of hydrogen-bond acceptors (Lipinski definition) is 4. The van der Waals surface area contributed by atoms with Crippen LogP contribution in [0.2, 0.25) is 13.3 Å². The van der Waals surface area contributed by atoms with Crippen molar-refractivity contribution in [2.45, 2.75) is 98.4 Å². The average molecular weight is 581 g/mol. The van der Waals surface area contributed by atoms with E-state index in [0.717, 1.165) is 19.5 Å². The number of hydrogen-bond donors (Lipinski definition) is 1. The van der Waals surface area contributed by atoms with Crippen LogP contribution in [0.25, 0.3) is 0 Å². The first kappa shape index (κ1) is 29.3. The number of rotatable bonds is 16. The van der Waals surface area contributed by atoms with Crippen LogP contribution in [0.5, 0.6) is 11.5 Å². The summed E-state index contributed by atoms with van der Waals surface area (Å²) < 4.78 is 17.1. The number of nitrogens with one attached hydrogen (secondary N) is 1. The monoisotopic (exact) mass is 582 g/mol. The van der Waals surface area contributed by atoms with Gasteiger partial charge in [-0.15, -0.1) is 0 Å². The zero-order valence-corrected chi connectivity index (χ0v) is 25.7. The van der Waals surface area contributed by atoms with E-state index >= 15 is 0 Å². The molecule has 5 nitrogen and oxygen atoms in total. The van der Waals surface area contributed by atoms with Gasteiger partial charge < -0.3 is 0 Å². The number of nitrogens with zero attached hydrogens (tertiary/aromatic N) is 1. The number of carbonyl (C=O) groups is 1. The summed E-state index contributed by atoms with van der Waals surface area (Å²) in [5, 5.41) is 3.25. The summed E-state index contributed by atoms with van der Waals surface area (Å²) in [6.45, 7) is 12.0. The van der Waals surface area contributed by atoms with Crippen LogP contribution in [0.3, 0.4) is 0 Å². The predicted molar refractivity (Wildman–Crippen MR) is 147 cm³/mol. The SMILES string of the molecule is CCC[CH2][Sn]([CH2]CCC)([CH2]CCC)[c]1cc(OC)c(OC)c(C(=O)NC[C@@H]2CCCN2CC)c1. The maximum absolute atomic E-state index is 13.5. The van der Waals surface area contributed by atoms with E-state index in [1.165, 1.54) is 61.8 Å². The summed E-state index contributed by atoms with van der Waals surface area (Å²) in [6.07, 6.45) is 9.91. The molecule has 1 heterocycles. The van der Waals surface area contributed by atoms with Gasteiger partial charge in [0.05, 0.1) is 0 Å². The van der Waals surface area contributed by atoms with Crippen molar-refractivity contribution in [1.82, 2.24) is 10.2 Å². The molecule has 194 valence electrons. The van der Waals surface area contributed by atoms with Gasteiger partial charge in [-0.3, -0.25) is 0 Å². The van der Waals surface area contributed by atoms with Gasteiger partial charge in [0.15, 0.2) is 0 Å². The number of unbranched alkanes of at least 4 members (excludes halogenated alkanes) is 3. The quantitative estimate of drug-likeness (QED) is 0.245. The second-order valence-electron chi connectivity index (χ2n) is 9.98. The number of carbonyl (C=O) groups excluding carboxylic acids is 1. The number of ether oxygens (including phenoxy) is 2. The van der Waals surface area contributed by atoms with E-state index in [0.29, 0.717) is 29.6 Å². The molecule has 1 aliphatic heterocycles. The molecular formula is C28H50N2O3Sn. The summed E-state index contributed by atoms with van der Waals surface area (Å²) in [5.74, 6) is 1.26. The third-order valence-corrected chi connectivity index (χ3v) is 23.3. The van der Waals surface area contributed by atoms with Crippen molar-refractivity contribution < 1.29 is 14.3 Å². The minimum atomic E-state index is -2.73. The summed E-state index contributed by atoms with van der Waals surface area (Å²) >= 11 is -2.73. The average Bonchev–Trinajstić information content (AvgIpc) is 3.33. The number of benzene rings is 1. The van der Waals surface area contributed by atoms with Gasteiger partial charge >= 0.3 is 214 Å². The van der Waals surface area contributed by atoms with E-state index in [1.807, 2.05) is 0 Å². The molecule has 2 rings (SSSR count).